The van der Waals surface area contributed by atoms with Crippen molar-refractivity contribution >= 4 is 5.91 Å². The molecule has 1 unspecified atom stereocenters. The lowest BCUT2D eigenvalue weighted by Gasteiger charge is -2.28. The Kier molecular flexibility index (Phi) is 4.15. The minimum atomic E-state index is 0.146. The number of rotatable bonds is 3. The standard InChI is InChI=1S/C17H24N2O2/c1-11-10-12(8-9-18-11)17(20)19-15-7-6-14-13(15)4-3-5-16(14)21-2/h3-5,11-12,15,18H,6-10H2,1-2H3,(H,19,20)/t11-,12-,15?/m0/s1. The fraction of sp³-hybridized carbons (Fsp3) is 0.588. The molecule has 0 radical (unpaired) electrons. The minimum Gasteiger partial charge on any atom is -0.496 e. The van der Waals surface area contributed by atoms with Crippen LogP contribution in [0, 0.1) is 5.92 Å². The van der Waals surface area contributed by atoms with Crippen LogP contribution in [0.4, 0.5) is 0 Å². The van der Waals surface area contributed by atoms with Gasteiger partial charge >= 0.3 is 0 Å². The van der Waals surface area contributed by atoms with E-state index in [0.717, 1.165) is 38.0 Å². The summed E-state index contributed by atoms with van der Waals surface area (Å²) < 4.78 is 5.42. The summed E-state index contributed by atoms with van der Waals surface area (Å²) in [6, 6.07) is 6.70. The fourth-order valence-electron chi connectivity index (χ4n) is 3.62. The Morgan fingerprint density at radius 3 is 3.00 bits per heavy atom. The van der Waals surface area contributed by atoms with Crippen LogP contribution >= 0.6 is 0 Å². The molecule has 2 aliphatic rings. The van der Waals surface area contributed by atoms with Crippen molar-refractivity contribution in [1.29, 1.82) is 0 Å². The van der Waals surface area contributed by atoms with E-state index in [1.54, 1.807) is 7.11 Å². The number of methoxy groups -OCH3 is 1. The van der Waals surface area contributed by atoms with Crippen molar-refractivity contribution in [2.45, 2.75) is 44.7 Å². The van der Waals surface area contributed by atoms with Gasteiger partial charge in [0.15, 0.2) is 0 Å². The van der Waals surface area contributed by atoms with Gasteiger partial charge in [0, 0.05) is 12.0 Å². The van der Waals surface area contributed by atoms with Gasteiger partial charge in [-0.1, -0.05) is 12.1 Å². The molecule has 1 heterocycles. The van der Waals surface area contributed by atoms with E-state index in [-0.39, 0.29) is 17.9 Å². The van der Waals surface area contributed by atoms with Crippen LogP contribution in [0.2, 0.25) is 0 Å². The predicted octanol–water partition coefficient (Wildman–Crippen LogP) is 2.19. The normalized spacial score (nSPS) is 28.0. The number of benzene rings is 1. The first-order chi connectivity index (χ1) is 10.2. The first-order valence-corrected chi connectivity index (χ1v) is 7.88. The zero-order valence-electron chi connectivity index (χ0n) is 12.8. The molecule has 1 saturated heterocycles. The third-order valence-electron chi connectivity index (χ3n) is 4.76. The molecule has 3 rings (SSSR count). The molecule has 4 nitrogen and oxygen atoms in total. The predicted molar refractivity (Wildman–Crippen MR) is 82.4 cm³/mol. The van der Waals surface area contributed by atoms with E-state index in [0.29, 0.717) is 6.04 Å². The largest absolute Gasteiger partial charge is 0.496 e. The monoisotopic (exact) mass is 288 g/mol. The van der Waals surface area contributed by atoms with Crippen LogP contribution in [-0.2, 0) is 11.2 Å². The maximum atomic E-state index is 12.5. The van der Waals surface area contributed by atoms with Crippen LogP contribution in [0.15, 0.2) is 18.2 Å². The highest BCUT2D eigenvalue weighted by Crippen LogP contribution is 2.37. The summed E-state index contributed by atoms with van der Waals surface area (Å²) in [5.74, 6) is 1.31. The van der Waals surface area contributed by atoms with Crippen LogP contribution in [0.5, 0.6) is 5.75 Å². The topological polar surface area (TPSA) is 50.4 Å². The molecule has 1 aliphatic heterocycles. The highest BCUT2D eigenvalue weighted by molar-refractivity contribution is 5.79. The van der Waals surface area contributed by atoms with E-state index in [4.69, 9.17) is 4.74 Å². The molecule has 0 bridgehead atoms. The van der Waals surface area contributed by atoms with Crippen LogP contribution in [-0.4, -0.2) is 25.6 Å². The summed E-state index contributed by atoms with van der Waals surface area (Å²) in [5, 5.41) is 6.65. The summed E-state index contributed by atoms with van der Waals surface area (Å²) >= 11 is 0. The number of amides is 1. The van der Waals surface area contributed by atoms with E-state index in [1.165, 1.54) is 11.1 Å². The van der Waals surface area contributed by atoms with E-state index in [2.05, 4.69) is 23.6 Å². The number of piperidine rings is 1. The molecular formula is C17H24N2O2. The third kappa shape index (κ3) is 2.91. The van der Waals surface area contributed by atoms with Crippen molar-refractivity contribution in [3.05, 3.63) is 29.3 Å². The molecule has 21 heavy (non-hydrogen) atoms. The number of carbonyl (C=O) groups excluding carboxylic acids is 1. The van der Waals surface area contributed by atoms with Crippen LogP contribution in [0.3, 0.4) is 0 Å². The van der Waals surface area contributed by atoms with Gasteiger partial charge in [-0.2, -0.15) is 0 Å². The SMILES string of the molecule is COc1cccc2c1CCC2NC(=O)[C@H]1CCN[C@@H](C)C1. The highest BCUT2D eigenvalue weighted by atomic mass is 16.5. The molecular weight excluding hydrogens is 264 g/mol. The number of carbonyl (C=O) groups is 1. The van der Waals surface area contributed by atoms with Gasteiger partial charge in [-0.3, -0.25) is 4.79 Å². The average molecular weight is 288 g/mol. The van der Waals surface area contributed by atoms with Crippen LogP contribution < -0.4 is 15.4 Å². The van der Waals surface area contributed by atoms with Crippen molar-refractivity contribution in [3.8, 4) is 5.75 Å². The maximum Gasteiger partial charge on any atom is 0.223 e. The second-order valence-corrected chi connectivity index (χ2v) is 6.20. The van der Waals surface area contributed by atoms with E-state index >= 15 is 0 Å². The Balaban J connectivity index is 1.69. The zero-order valence-corrected chi connectivity index (χ0v) is 12.8. The van der Waals surface area contributed by atoms with Gasteiger partial charge in [0.1, 0.15) is 5.75 Å². The van der Waals surface area contributed by atoms with Gasteiger partial charge in [-0.15, -0.1) is 0 Å². The number of hydrogen-bond donors (Lipinski definition) is 2. The first-order valence-electron chi connectivity index (χ1n) is 7.88. The number of hydrogen-bond acceptors (Lipinski definition) is 3. The third-order valence-corrected chi connectivity index (χ3v) is 4.76. The molecule has 1 aromatic carbocycles. The average Bonchev–Trinajstić information content (AvgIpc) is 2.90. The van der Waals surface area contributed by atoms with Gasteiger partial charge in [-0.05, 0) is 56.3 Å². The Bertz CT molecular complexity index is 530. The number of ether oxygens (including phenoxy) is 1. The Morgan fingerprint density at radius 2 is 2.24 bits per heavy atom. The van der Waals surface area contributed by atoms with Crippen molar-refractivity contribution in [3.63, 3.8) is 0 Å². The second kappa shape index (κ2) is 6.06. The summed E-state index contributed by atoms with van der Waals surface area (Å²) in [6.07, 6.45) is 3.83. The van der Waals surface area contributed by atoms with E-state index in [9.17, 15) is 4.79 Å². The summed E-state index contributed by atoms with van der Waals surface area (Å²) in [6.45, 7) is 3.09. The number of fused-ring (bicyclic) bond motifs is 1. The van der Waals surface area contributed by atoms with Crippen molar-refractivity contribution in [2.75, 3.05) is 13.7 Å². The second-order valence-electron chi connectivity index (χ2n) is 6.20. The molecule has 1 amide bonds. The van der Waals surface area contributed by atoms with Gasteiger partial charge in [0.25, 0.3) is 0 Å². The lowest BCUT2D eigenvalue weighted by molar-refractivity contribution is -0.126. The van der Waals surface area contributed by atoms with Gasteiger partial charge in [0.2, 0.25) is 5.91 Å². The summed E-state index contributed by atoms with van der Waals surface area (Å²) in [7, 11) is 1.71. The molecule has 114 valence electrons. The first kappa shape index (κ1) is 14.4. The Morgan fingerprint density at radius 1 is 1.38 bits per heavy atom. The molecule has 1 aliphatic carbocycles. The Hall–Kier alpha value is -1.55. The minimum absolute atomic E-state index is 0.146. The molecule has 1 aromatic rings. The zero-order chi connectivity index (χ0) is 14.8. The van der Waals surface area contributed by atoms with Gasteiger partial charge < -0.3 is 15.4 Å². The fourth-order valence-corrected chi connectivity index (χ4v) is 3.62. The lowest BCUT2D eigenvalue weighted by Crippen LogP contribution is -2.43. The van der Waals surface area contributed by atoms with Crippen molar-refractivity contribution in [1.82, 2.24) is 10.6 Å². The smallest absolute Gasteiger partial charge is 0.223 e. The molecule has 3 atom stereocenters. The molecule has 2 N–H and O–H groups in total. The maximum absolute atomic E-state index is 12.5. The Labute approximate surface area is 126 Å². The van der Waals surface area contributed by atoms with Crippen molar-refractivity contribution < 1.29 is 9.53 Å². The van der Waals surface area contributed by atoms with Gasteiger partial charge in [0.05, 0.1) is 13.2 Å². The highest BCUT2D eigenvalue weighted by Gasteiger charge is 2.30. The van der Waals surface area contributed by atoms with Gasteiger partial charge in [-0.25, -0.2) is 0 Å². The van der Waals surface area contributed by atoms with E-state index < -0.39 is 0 Å². The molecule has 0 saturated carbocycles. The quantitative estimate of drug-likeness (QED) is 0.896. The molecule has 0 aromatic heterocycles. The molecule has 1 fully saturated rings. The summed E-state index contributed by atoms with van der Waals surface area (Å²) in [4.78, 5) is 12.5. The van der Waals surface area contributed by atoms with Crippen LogP contribution in [0.25, 0.3) is 0 Å². The molecule has 0 spiro atoms. The lowest BCUT2D eigenvalue weighted by atomic mass is 9.92. The van der Waals surface area contributed by atoms with Crippen molar-refractivity contribution in [2.24, 2.45) is 5.92 Å². The van der Waals surface area contributed by atoms with Crippen LogP contribution in [0.1, 0.15) is 43.4 Å². The number of nitrogens with one attached hydrogen (secondary N) is 2. The molecule has 4 heteroatoms. The summed E-state index contributed by atoms with van der Waals surface area (Å²) in [5.41, 5.74) is 2.48. The van der Waals surface area contributed by atoms with E-state index in [1.807, 2.05) is 12.1 Å².